The Kier molecular flexibility index (Phi) is 3.73. The summed E-state index contributed by atoms with van der Waals surface area (Å²) in [5.41, 5.74) is 5.47. The standard InChI is InChI=1S/C17H26N2/c1-11(2)15-9-16-13(7-12(15)3)8-14(19-16)10-18-17(4,5)6/h7-9,11,18-19H,10H2,1-6H3. The molecule has 19 heavy (non-hydrogen) atoms. The molecule has 0 bridgehead atoms. The normalized spacial score (nSPS) is 12.6. The molecular formula is C17H26N2. The van der Waals surface area contributed by atoms with Crippen LogP contribution < -0.4 is 5.32 Å². The molecule has 0 atom stereocenters. The van der Waals surface area contributed by atoms with Crippen LogP contribution in [0, 0.1) is 6.92 Å². The number of benzene rings is 1. The van der Waals surface area contributed by atoms with Gasteiger partial charge in [0.2, 0.25) is 0 Å². The zero-order valence-corrected chi connectivity index (χ0v) is 13.0. The van der Waals surface area contributed by atoms with Gasteiger partial charge in [-0.05, 0) is 68.3 Å². The van der Waals surface area contributed by atoms with Crippen molar-refractivity contribution < 1.29 is 0 Å². The number of hydrogen-bond donors (Lipinski definition) is 2. The second-order valence-corrected chi connectivity index (χ2v) is 6.85. The van der Waals surface area contributed by atoms with Crippen LogP contribution in [0.4, 0.5) is 0 Å². The van der Waals surface area contributed by atoms with Gasteiger partial charge in [-0.15, -0.1) is 0 Å². The molecule has 2 aromatic rings. The van der Waals surface area contributed by atoms with Crippen LogP contribution in [-0.2, 0) is 6.54 Å². The zero-order valence-electron chi connectivity index (χ0n) is 13.0. The second-order valence-electron chi connectivity index (χ2n) is 6.85. The average molecular weight is 258 g/mol. The van der Waals surface area contributed by atoms with E-state index < -0.39 is 0 Å². The Bertz CT molecular complexity index is 571. The molecule has 0 saturated heterocycles. The molecule has 2 nitrogen and oxygen atoms in total. The van der Waals surface area contributed by atoms with Crippen molar-refractivity contribution in [3.63, 3.8) is 0 Å². The first-order valence-corrected chi connectivity index (χ1v) is 7.13. The van der Waals surface area contributed by atoms with Crippen molar-refractivity contribution in [2.75, 3.05) is 0 Å². The van der Waals surface area contributed by atoms with Crippen molar-refractivity contribution >= 4 is 10.9 Å². The van der Waals surface area contributed by atoms with Crippen LogP contribution in [0.2, 0.25) is 0 Å². The first-order chi connectivity index (χ1) is 8.76. The van der Waals surface area contributed by atoms with Gasteiger partial charge in [-0.1, -0.05) is 13.8 Å². The van der Waals surface area contributed by atoms with Gasteiger partial charge < -0.3 is 10.3 Å². The molecule has 2 heteroatoms. The number of aryl methyl sites for hydroxylation is 1. The van der Waals surface area contributed by atoms with Gasteiger partial charge in [-0.2, -0.15) is 0 Å². The van der Waals surface area contributed by atoms with Crippen molar-refractivity contribution in [3.8, 4) is 0 Å². The quantitative estimate of drug-likeness (QED) is 0.834. The minimum Gasteiger partial charge on any atom is -0.357 e. The number of H-pyrrole nitrogens is 1. The molecule has 1 heterocycles. The smallest absolute Gasteiger partial charge is 0.0459 e. The van der Waals surface area contributed by atoms with E-state index in [0.717, 1.165) is 6.54 Å². The van der Waals surface area contributed by atoms with Gasteiger partial charge >= 0.3 is 0 Å². The fraction of sp³-hybridized carbons (Fsp3) is 0.529. The molecule has 0 fully saturated rings. The highest BCUT2D eigenvalue weighted by molar-refractivity contribution is 5.82. The van der Waals surface area contributed by atoms with E-state index in [0.29, 0.717) is 5.92 Å². The third kappa shape index (κ3) is 3.38. The van der Waals surface area contributed by atoms with Gasteiger partial charge in [0.1, 0.15) is 0 Å². The highest BCUT2D eigenvalue weighted by Crippen LogP contribution is 2.25. The van der Waals surface area contributed by atoms with Gasteiger partial charge in [0.05, 0.1) is 0 Å². The minimum atomic E-state index is 0.149. The van der Waals surface area contributed by atoms with E-state index >= 15 is 0 Å². The van der Waals surface area contributed by atoms with E-state index in [1.54, 1.807) is 0 Å². The lowest BCUT2D eigenvalue weighted by Crippen LogP contribution is -2.35. The molecule has 0 radical (unpaired) electrons. The third-order valence-electron chi connectivity index (χ3n) is 3.49. The first kappa shape index (κ1) is 14.1. The summed E-state index contributed by atoms with van der Waals surface area (Å²) in [5, 5.41) is 4.83. The van der Waals surface area contributed by atoms with Crippen LogP contribution in [0.15, 0.2) is 18.2 Å². The maximum absolute atomic E-state index is 3.53. The number of nitrogens with one attached hydrogen (secondary N) is 2. The van der Waals surface area contributed by atoms with Gasteiger partial charge in [0.15, 0.2) is 0 Å². The molecule has 2 N–H and O–H groups in total. The predicted molar refractivity (Wildman–Crippen MR) is 83.7 cm³/mol. The topological polar surface area (TPSA) is 27.8 Å². The van der Waals surface area contributed by atoms with Crippen LogP contribution >= 0.6 is 0 Å². The molecule has 0 aliphatic carbocycles. The molecule has 0 amide bonds. The Balaban J connectivity index is 2.30. The highest BCUT2D eigenvalue weighted by Gasteiger charge is 2.11. The largest absolute Gasteiger partial charge is 0.357 e. The molecular weight excluding hydrogens is 232 g/mol. The monoisotopic (exact) mass is 258 g/mol. The van der Waals surface area contributed by atoms with Crippen molar-refractivity contribution in [2.45, 2.75) is 59.5 Å². The van der Waals surface area contributed by atoms with E-state index in [1.165, 1.54) is 27.7 Å². The Morgan fingerprint density at radius 2 is 1.84 bits per heavy atom. The summed E-state index contributed by atoms with van der Waals surface area (Å²) in [6.45, 7) is 14.2. The molecule has 0 saturated carbocycles. The molecule has 2 rings (SSSR count). The lowest BCUT2D eigenvalue weighted by molar-refractivity contribution is 0.422. The number of aromatic nitrogens is 1. The summed E-state index contributed by atoms with van der Waals surface area (Å²) in [5.74, 6) is 0.573. The lowest BCUT2D eigenvalue weighted by atomic mass is 9.97. The molecule has 0 aliphatic heterocycles. The summed E-state index contributed by atoms with van der Waals surface area (Å²) >= 11 is 0. The van der Waals surface area contributed by atoms with Crippen molar-refractivity contribution in [3.05, 3.63) is 35.0 Å². The van der Waals surface area contributed by atoms with Gasteiger partial charge in [-0.3, -0.25) is 0 Å². The Morgan fingerprint density at radius 1 is 1.16 bits per heavy atom. The fourth-order valence-corrected chi connectivity index (χ4v) is 2.45. The highest BCUT2D eigenvalue weighted by atomic mass is 15.0. The fourth-order valence-electron chi connectivity index (χ4n) is 2.45. The lowest BCUT2D eigenvalue weighted by Gasteiger charge is -2.19. The third-order valence-corrected chi connectivity index (χ3v) is 3.49. The van der Waals surface area contributed by atoms with Crippen LogP contribution in [-0.4, -0.2) is 10.5 Å². The zero-order chi connectivity index (χ0) is 14.2. The van der Waals surface area contributed by atoms with Crippen molar-refractivity contribution in [1.29, 1.82) is 0 Å². The minimum absolute atomic E-state index is 0.149. The number of aromatic amines is 1. The van der Waals surface area contributed by atoms with E-state index in [2.05, 4.69) is 70.0 Å². The number of hydrogen-bond acceptors (Lipinski definition) is 1. The summed E-state index contributed by atoms with van der Waals surface area (Å²) in [7, 11) is 0. The number of rotatable bonds is 3. The maximum Gasteiger partial charge on any atom is 0.0459 e. The second kappa shape index (κ2) is 5.01. The SMILES string of the molecule is Cc1cc2cc(CNC(C)(C)C)[nH]c2cc1C(C)C. The molecule has 1 aromatic heterocycles. The van der Waals surface area contributed by atoms with Gasteiger partial charge in [0.25, 0.3) is 0 Å². The molecule has 0 aliphatic rings. The summed E-state index contributed by atoms with van der Waals surface area (Å²) in [6, 6.07) is 6.85. The Hall–Kier alpha value is -1.28. The predicted octanol–water partition coefficient (Wildman–Crippen LogP) is 4.49. The molecule has 0 unspecified atom stereocenters. The van der Waals surface area contributed by atoms with E-state index in [-0.39, 0.29) is 5.54 Å². The van der Waals surface area contributed by atoms with Crippen molar-refractivity contribution in [2.24, 2.45) is 0 Å². The average Bonchev–Trinajstić information content (AvgIpc) is 2.65. The van der Waals surface area contributed by atoms with Crippen molar-refractivity contribution in [1.82, 2.24) is 10.3 Å². The molecule has 1 aromatic carbocycles. The van der Waals surface area contributed by atoms with Crippen LogP contribution in [0.1, 0.15) is 57.4 Å². The van der Waals surface area contributed by atoms with E-state index in [1.807, 2.05) is 0 Å². The van der Waals surface area contributed by atoms with Crippen LogP contribution in [0.3, 0.4) is 0 Å². The number of fused-ring (bicyclic) bond motifs is 1. The maximum atomic E-state index is 3.53. The van der Waals surface area contributed by atoms with Crippen LogP contribution in [0.25, 0.3) is 10.9 Å². The van der Waals surface area contributed by atoms with Gasteiger partial charge in [-0.25, -0.2) is 0 Å². The Labute approximate surface area is 116 Å². The first-order valence-electron chi connectivity index (χ1n) is 7.13. The molecule has 104 valence electrons. The summed E-state index contributed by atoms with van der Waals surface area (Å²) < 4.78 is 0. The molecule has 0 spiro atoms. The summed E-state index contributed by atoms with van der Waals surface area (Å²) in [4.78, 5) is 3.53. The summed E-state index contributed by atoms with van der Waals surface area (Å²) in [6.07, 6.45) is 0. The Morgan fingerprint density at radius 3 is 2.42 bits per heavy atom. The van der Waals surface area contributed by atoms with Crippen LogP contribution in [0.5, 0.6) is 0 Å². The van der Waals surface area contributed by atoms with Gasteiger partial charge in [0, 0.05) is 23.3 Å². The van der Waals surface area contributed by atoms with E-state index in [9.17, 15) is 0 Å². The van der Waals surface area contributed by atoms with E-state index in [4.69, 9.17) is 0 Å².